The van der Waals surface area contributed by atoms with Gasteiger partial charge in [0, 0.05) is 52.8 Å². The van der Waals surface area contributed by atoms with Crippen molar-refractivity contribution >= 4 is 21.9 Å². The fraction of sp³-hybridized carbons (Fsp3) is 0.579. The summed E-state index contributed by atoms with van der Waals surface area (Å²) < 4.78 is 63.9. The Balaban J connectivity index is 0.000000633. The molecule has 1 fully saturated rings. The predicted octanol–water partition coefficient (Wildman–Crippen LogP) is 1.09. The fourth-order valence-electron chi connectivity index (χ4n) is 2.70. The Hall–Kier alpha value is -2.22. The number of halogens is 3. The molecule has 0 aliphatic carbocycles. The number of piperazine rings is 1. The maximum atomic E-state index is 12.9. The maximum Gasteiger partial charge on any atom is 0.490 e. The number of carbonyl (C=O) groups excluding carboxylic acids is 1. The fourth-order valence-corrected chi connectivity index (χ4v) is 4.12. The first-order chi connectivity index (χ1) is 14.9. The molecule has 2 rings (SSSR count). The zero-order valence-electron chi connectivity index (χ0n) is 17.9. The summed E-state index contributed by atoms with van der Waals surface area (Å²) in [6, 6.07) is 6.74. The van der Waals surface area contributed by atoms with Gasteiger partial charge >= 0.3 is 12.1 Å². The molecule has 182 valence electrons. The van der Waals surface area contributed by atoms with Gasteiger partial charge in [-0.05, 0) is 19.1 Å². The second-order valence-electron chi connectivity index (χ2n) is 6.89. The van der Waals surface area contributed by atoms with E-state index in [0.29, 0.717) is 13.1 Å². The van der Waals surface area contributed by atoms with Crippen molar-refractivity contribution in [2.24, 2.45) is 0 Å². The lowest BCUT2D eigenvalue weighted by Crippen LogP contribution is -2.47. The molecule has 1 amide bonds. The minimum absolute atomic E-state index is 0.0111. The van der Waals surface area contributed by atoms with Gasteiger partial charge in [-0.2, -0.15) is 17.5 Å². The van der Waals surface area contributed by atoms with E-state index < -0.39 is 22.2 Å². The van der Waals surface area contributed by atoms with Gasteiger partial charge in [0.25, 0.3) is 0 Å². The monoisotopic (exact) mass is 483 g/mol. The molecule has 0 unspecified atom stereocenters. The number of rotatable bonds is 8. The Morgan fingerprint density at radius 2 is 1.69 bits per heavy atom. The molecule has 0 saturated carbocycles. The van der Waals surface area contributed by atoms with Gasteiger partial charge in [0.1, 0.15) is 0 Å². The topological polar surface area (TPSA) is 116 Å². The second-order valence-corrected chi connectivity index (χ2v) is 8.83. The van der Waals surface area contributed by atoms with E-state index in [1.165, 1.54) is 11.4 Å². The number of amides is 1. The summed E-state index contributed by atoms with van der Waals surface area (Å²) >= 11 is 0. The van der Waals surface area contributed by atoms with E-state index in [1.807, 2.05) is 6.92 Å². The molecule has 2 N–H and O–H groups in total. The largest absolute Gasteiger partial charge is 0.490 e. The number of hydrogen-bond acceptors (Lipinski definition) is 6. The van der Waals surface area contributed by atoms with Crippen molar-refractivity contribution in [3.8, 4) is 0 Å². The van der Waals surface area contributed by atoms with Crippen molar-refractivity contribution in [2.45, 2.75) is 24.4 Å². The van der Waals surface area contributed by atoms with Crippen LogP contribution in [0.4, 0.5) is 13.2 Å². The molecule has 32 heavy (non-hydrogen) atoms. The first-order valence-corrected chi connectivity index (χ1v) is 11.2. The number of alkyl halides is 3. The third kappa shape index (κ3) is 9.10. The van der Waals surface area contributed by atoms with E-state index in [9.17, 15) is 26.4 Å². The summed E-state index contributed by atoms with van der Waals surface area (Å²) in [5.74, 6) is -2.77. The number of aryl methyl sites for hydroxylation is 1. The summed E-state index contributed by atoms with van der Waals surface area (Å²) in [5.41, 5.74) is 0.997. The minimum Gasteiger partial charge on any atom is -0.475 e. The number of carboxylic acid groups (broad SMARTS) is 1. The average molecular weight is 484 g/mol. The van der Waals surface area contributed by atoms with Gasteiger partial charge in [0.05, 0.1) is 11.5 Å². The molecule has 1 saturated heterocycles. The van der Waals surface area contributed by atoms with E-state index in [1.54, 1.807) is 29.2 Å². The van der Waals surface area contributed by atoms with E-state index in [0.717, 1.165) is 18.7 Å². The molecule has 9 nitrogen and oxygen atoms in total. The second kappa shape index (κ2) is 12.7. The summed E-state index contributed by atoms with van der Waals surface area (Å²) in [7, 11) is -2.12. The Morgan fingerprint density at radius 3 is 2.16 bits per heavy atom. The molecule has 0 aromatic heterocycles. The number of ether oxygens (including phenoxy) is 1. The van der Waals surface area contributed by atoms with Crippen LogP contribution in [-0.2, 0) is 24.3 Å². The summed E-state index contributed by atoms with van der Waals surface area (Å²) in [5, 5.41) is 10.3. The standard InChI is InChI=1S/C17H27N3O4S.C2HF3O2/c1-15-3-5-16(6-4-15)25(22,23)20(13-14-24-2)10-7-17(21)19-11-8-18-9-12-19;3-2(4,5)1(6)7/h3-6,18H,7-14H2,1-2H3;(H,6,7). The first-order valence-electron chi connectivity index (χ1n) is 9.74. The lowest BCUT2D eigenvalue weighted by molar-refractivity contribution is -0.192. The molecule has 1 aliphatic heterocycles. The molecule has 0 atom stereocenters. The minimum atomic E-state index is -5.08. The number of nitrogens with one attached hydrogen (secondary N) is 1. The SMILES string of the molecule is COCCN(CCC(=O)N1CCNCC1)S(=O)(=O)c1ccc(C)cc1.O=C(O)C(F)(F)F. The van der Waals surface area contributed by atoms with E-state index in [2.05, 4.69) is 5.32 Å². The number of nitrogens with zero attached hydrogens (tertiary/aromatic N) is 2. The molecule has 0 radical (unpaired) electrons. The summed E-state index contributed by atoms with van der Waals surface area (Å²) in [4.78, 5) is 23.2. The number of hydrogen-bond donors (Lipinski definition) is 2. The van der Waals surface area contributed by atoms with Crippen molar-refractivity contribution in [3.63, 3.8) is 0 Å². The van der Waals surface area contributed by atoms with Gasteiger partial charge in [-0.3, -0.25) is 4.79 Å². The van der Waals surface area contributed by atoms with Crippen LogP contribution < -0.4 is 5.32 Å². The first kappa shape index (κ1) is 27.8. The lowest BCUT2D eigenvalue weighted by atomic mass is 10.2. The number of aliphatic carboxylic acids is 1. The molecular formula is C19H28F3N3O6S. The Labute approximate surface area is 185 Å². The number of methoxy groups -OCH3 is 1. The van der Waals surface area contributed by atoms with Gasteiger partial charge < -0.3 is 20.1 Å². The molecular weight excluding hydrogens is 455 g/mol. The van der Waals surface area contributed by atoms with Gasteiger partial charge in [-0.15, -0.1) is 0 Å². The third-order valence-corrected chi connectivity index (χ3v) is 6.40. The van der Waals surface area contributed by atoms with Crippen LogP contribution in [0, 0.1) is 6.92 Å². The smallest absolute Gasteiger partial charge is 0.475 e. The Kier molecular flexibility index (Phi) is 11.1. The van der Waals surface area contributed by atoms with Crippen molar-refractivity contribution in [3.05, 3.63) is 29.8 Å². The van der Waals surface area contributed by atoms with Crippen LogP contribution in [0.25, 0.3) is 0 Å². The highest BCUT2D eigenvalue weighted by Gasteiger charge is 2.38. The number of carbonyl (C=O) groups is 2. The van der Waals surface area contributed by atoms with Crippen molar-refractivity contribution in [1.29, 1.82) is 0 Å². The molecule has 1 aromatic carbocycles. The molecule has 0 bridgehead atoms. The van der Waals surface area contributed by atoms with Crippen LogP contribution >= 0.6 is 0 Å². The van der Waals surface area contributed by atoms with Crippen LogP contribution in [0.2, 0.25) is 0 Å². The van der Waals surface area contributed by atoms with Crippen LogP contribution in [0.15, 0.2) is 29.2 Å². The molecule has 13 heteroatoms. The number of benzene rings is 1. The zero-order valence-corrected chi connectivity index (χ0v) is 18.7. The highest BCUT2D eigenvalue weighted by Crippen LogP contribution is 2.17. The Morgan fingerprint density at radius 1 is 1.16 bits per heavy atom. The highest BCUT2D eigenvalue weighted by atomic mass is 32.2. The maximum absolute atomic E-state index is 12.9. The lowest BCUT2D eigenvalue weighted by Gasteiger charge is -2.28. The van der Waals surface area contributed by atoms with Gasteiger partial charge in [-0.25, -0.2) is 13.2 Å². The number of sulfonamides is 1. The summed E-state index contributed by atoms with van der Waals surface area (Å²) in [6.45, 7) is 5.47. The highest BCUT2D eigenvalue weighted by molar-refractivity contribution is 7.89. The van der Waals surface area contributed by atoms with Crippen LogP contribution in [0.5, 0.6) is 0 Å². The van der Waals surface area contributed by atoms with Gasteiger partial charge in [-0.1, -0.05) is 17.7 Å². The van der Waals surface area contributed by atoms with E-state index in [-0.39, 0.29) is 36.9 Å². The molecule has 0 spiro atoms. The van der Waals surface area contributed by atoms with E-state index >= 15 is 0 Å². The van der Waals surface area contributed by atoms with Crippen molar-refractivity contribution in [1.82, 2.24) is 14.5 Å². The Bertz CT molecular complexity index is 841. The van der Waals surface area contributed by atoms with E-state index in [4.69, 9.17) is 14.6 Å². The average Bonchev–Trinajstić information content (AvgIpc) is 2.74. The summed E-state index contributed by atoms with van der Waals surface area (Å²) in [6.07, 6.45) is -4.91. The molecule has 1 aliphatic rings. The van der Waals surface area contributed by atoms with Crippen LogP contribution in [0.1, 0.15) is 12.0 Å². The predicted molar refractivity (Wildman–Crippen MR) is 110 cm³/mol. The molecule has 1 heterocycles. The number of carboxylic acids is 1. The van der Waals surface area contributed by atoms with Crippen LogP contribution in [0.3, 0.4) is 0 Å². The molecule has 1 aromatic rings. The van der Waals surface area contributed by atoms with Crippen molar-refractivity contribution in [2.75, 3.05) is 53.0 Å². The van der Waals surface area contributed by atoms with Gasteiger partial charge in [0.2, 0.25) is 15.9 Å². The van der Waals surface area contributed by atoms with Crippen molar-refractivity contribution < 1.29 is 41.0 Å². The van der Waals surface area contributed by atoms with Gasteiger partial charge in [0.15, 0.2) is 0 Å². The third-order valence-electron chi connectivity index (χ3n) is 4.49. The normalized spacial score (nSPS) is 14.6. The zero-order chi connectivity index (χ0) is 24.4. The van der Waals surface area contributed by atoms with Crippen LogP contribution in [-0.4, -0.2) is 93.8 Å². The quantitative estimate of drug-likeness (QED) is 0.569.